The van der Waals surface area contributed by atoms with Crippen LogP contribution in [0.15, 0.2) is 91.0 Å². The maximum Gasteiger partial charge on any atom is 0.143 e. The standard InChI is InChI=1S/C28H28N2O/c1-20-14-16-23(17-15-20)30-19-24(31-28-13-6-5-12-27(28)30)18-29-21(2)25-11-7-9-22-8-3-4-10-26(22)25/h3-17,21,24,29H,18-19H2,1-2H3/t21-,24?/m1/s1. The molecular formula is C28H28N2O. The second kappa shape index (κ2) is 8.44. The van der Waals surface area contributed by atoms with Gasteiger partial charge >= 0.3 is 0 Å². The summed E-state index contributed by atoms with van der Waals surface area (Å²) in [4.78, 5) is 2.37. The smallest absolute Gasteiger partial charge is 0.143 e. The van der Waals surface area contributed by atoms with E-state index in [9.17, 15) is 0 Å². The first-order chi connectivity index (χ1) is 15.2. The van der Waals surface area contributed by atoms with Gasteiger partial charge in [0.1, 0.15) is 11.9 Å². The Balaban J connectivity index is 1.35. The van der Waals surface area contributed by atoms with Crippen molar-refractivity contribution in [3.05, 3.63) is 102 Å². The summed E-state index contributed by atoms with van der Waals surface area (Å²) in [6, 6.07) is 32.4. The highest BCUT2D eigenvalue weighted by atomic mass is 16.5. The molecule has 31 heavy (non-hydrogen) atoms. The van der Waals surface area contributed by atoms with Gasteiger partial charge < -0.3 is 15.0 Å². The zero-order valence-corrected chi connectivity index (χ0v) is 18.1. The third-order valence-corrected chi connectivity index (χ3v) is 6.12. The molecule has 1 heterocycles. The Bertz CT molecular complexity index is 1180. The Labute approximate surface area is 184 Å². The van der Waals surface area contributed by atoms with Crippen LogP contribution in [0, 0.1) is 6.92 Å². The SMILES string of the molecule is Cc1ccc(N2CC(CN[C@H](C)c3cccc4ccccc34)Oc3ccccc32)cc1. The van der Waals surface area contributed by atoms with Crippen LogP contribution in [0.5, 0.6) is 5.75 Å². The van der Waals surface area contributed by atoms with Crippen LogP contribution in [0.4, 0.5) is 11.4 Å². The molecular weight excluding hydrogens is 380 g/mol. The summed E-state index contributed by atoms with van der Waals surface area (Å²) in [5.41, 5.74) is 4.93. The van der Waals surface area contributed by atoms with Gasteiger partial charge in [0, 0.05) is 18.3 Å². The molecule has 0 radical (unpaired) electrons. The molecule has 5 rings (SSSR count). The van der Waals surface area contributed by atoms with Crippen LogP contribution in [-0.4, -0.2) is 19.2 Å². The zero-order valence-electron chi connectivity index (χ0n) is 18.1. The number of nitrogens with zero attached hydrogens (tertiary/aromatic N) is 1. The third-order valence-electron chi connectivity index (χ3n) is 6.12. The number of rotatable bonds is 5. The van der Waals surface area contributed by atoms with Crippen molar-refractivity contribution in [3.63, 3.8) is 0 Å². The van der Waals surface area contributed by atoms with Crippen LogP contribution in [0.1, 0.15) is 24.1 Å². The zero-order chi connectivity index (χ0) is 21.2. The van der Waals surface area contributed by atoms with Crippen molar-refractivity contribution in [1.29, 1.82) is 0 Å². The van der Waals surface area contributed by atoms with E-state index < -0.39 is 0 Å². The van der Waals surface area contributed by atoms with Crippen LogP contribution in [0.25, 0.3) is 10.8 Å². The van der Waals surface area contributed by atoms with Crippen molar-refractivity contribution in [2.24, 2.45) is 0 Å². The number of para-hydroxylation sites is 2. The van der Waals surface area contributed by atoms with Crippen molar-refractivity contribution in [1.82, 2.24) is 5.32 Å². The molecule has 156 valence electrons. The van der Waals surface area contributed by atoms with E-state index in [1.54, 1.807) is 0 Å². The van der Waals surface area contributed by atoms with Crippen LogP contribution < -0.4 is 15.0 Å². The normalized spacial score (nSPS) is 16.6. The number of anilines is 2. The molecule has 0 spiro atoms. The van der Waals surface area contributed by atoms with Crippen LogP contribution in [0.3, 0.4) is 0 Å². The summed E-state index contributed by atoms with van der Waals surface area (Å²) < 4.78 is 6.38. The molecule has 3 nitrogen and oxygen atoms in total. The Kier molecular flexibility index (Phi) is 5.35. The molecule has 2 atom stereocenters. The second-order valence-electron chi connectivity index (χ2n) is 8.35. The maximum absolute atomic E-state index is 6.38. The Morgan fingerprint density at radius 3 is 2.52 bits per heavy atom. The average molecular weight is 409 g/mol. The minimum absolute atomic E-state index is 0.0635. The number of ether oxygens (including phenoxy) is 1. The van der Waals surface area contributed by atoms with Gasteiger partial charge in [-0.1, -0.05) is 72.3 Å². The topological polar surface area (TPSA) is 24.5 Å². The second-order valence-corrected chi connectivity index (χ2v) is 8.35. The highest BCUT2D eigenvalue weighted by Gasteiger charge is 2.27. The Morgan fingerprint density at radius 1 is 0.903 bits per heavy atom. The van der Waals surface area contributed by atoms with Crippen molar-refractivity contribution >= 4 is 22.1 Å². The van der Waals surface area contributed by atoms with E-state index in [1.807, 2.05) is 6.07 Å². The molecule has 4 aromatic rings. The molecule has 1 aliphatic rings. The number of benzene rings is 4. The first kappa shape index (κ1) is 19.7. The molecule has 0 saturated carbocycles. The lowest BCUT2D eigenvalue weighted by Crippen LogP contribution is -2.44. The molecule has 3 heteroatoms. The third kappa shape index (κ3) is 4.01. The average Bonchev–Trinajstić information content (AvgIpc) is 2.82. The van der Waals surface area contributed by atoms with E-state index in [1.165, 1.54) is 27.6 Å². The number of fused-ring (bicyclic) bond motifs is 2. The minimum Gasteiger partial charge on any atom is -0.485 e. The summed E-state index contributed by atoms with van der Waals surface area (Å²) in [5, 5.41) is 6.31. The molecule has 1 unspecified atom stereocenters. The van der Waals surface area contributed by atoms with Gasteiger partial charge in [-0.25, -0.2) is 0 Å². The summed E-state index contributed by atoms with van der Waals surface area (Å²) in [7, 11) is 0. The summed E-state index contributed by atoms with van der Waals surface area (Å²) in [5.74, 6) is 0.943. The van der Waals surface area contributed by atoms with Crippen molar-refractivity contribution in [2.45, 2.75) is 26.0 Å². The van der Waals surface area contributed by atoms with Gasteiger partial charge in [-0.3, -0.25) is 0 Å². The van der Waals surface area contributed by atoms with Crippen molar-refractivity contribution in [2.75, 3.05) is 18.0 Å². The highest BCUT2D eigenvalue weighted by molar-refractivity contribution is 5.86. The molecule has 0 fully saturated rings. The Hall–Kier alpha value is -3.30. The van der Waals surface area contributed by atoms with Gasteiger partial charge in [0.25, 0.3) is 0 Å². The molecule has 4 aromatic carbocycles. The highest BCUT2D eigenvalue weighted by Crippen LogP contribution is 2.38. The predicted molar refractivity (Wildman–Crippen MR) is 129 cm³/mol. The first-order valence-electron chi connectivity index (χ1n) is 11.0. The summed E-state index contributed by atoms with van der Waals surface area (Å²) in [6.07, 6.45) is 0.0635. The maximum atomic E-state index is 6.38. The molecule has 0 bridgehead atoms. The van der Waals surface area contributed by atoms with Crippen LogP contribution in [0.2, 0.25) is 0 Å². The monoisotopic (exact) mass is 408 g/mol. The van der Waals surface area contributed by atoms with Crippen molar-refractivity contribution in [3.8, 4) is 5.75 Å². The lowest BCUT2D eigenvalue weighted by Gasteiger charge is -2.37. The molecule has 1 aliphatic heterocycles. The fraction of sp³-hybridized carbons (Fsp3) is 0.214. The van der Waals surface area contributed by atoms with Gasteiger partial charge in [0.15, 0.2) is 0 Å². The molecule has 0 aliphatic carbocycles. The molecule has 0 aromatic heterocycles. The quantitative estimate of drug-likeness (QED) is 0.414. The lowest BCUT2D eigenvalue weighted by molar-refractivity contribution is 0.190. The van der Waals surface area contributed by atoms with E-state index in [2.05, 4.69) is 109 Å². The summed E-state index contributed by atoms with van der Waals surface area (Å²) in [6.45, 7) is 5.95. The van der Waals surface area contributed by atoms with E-state index in [0.29, 0.717) is 0 Å². The number of aryl methyl sites for hydroxylation is 1. The first-order valence-corrected chi connectivity index (χ1v) is 11.0. The van der Waals surface area contributed by atoms with E-state index in [4.69, 9.17) is 4.74 Å². The summed E-state index contributed by atoms with van der Waals surface area (Å²) >= 11 is 0. The van der Waals surface area contributed by atoms with Gasteiger partial charge in [0.2, 0.25) is 0 Å². The van der Waals surface area contributed by atoms with Crippen LogP contribution in [-0.2, 0) is 0 Å². The fourth-order valence-electron chi connectivity index (χ4n) is 4.42. The van der Waals surface area contributed by atoms with E-state index in [0.717, 1.165) is 24.5 Å². The number of nitrogens with one attached hydrogen (secondary N) is 1. The van der Waals surface area contributed by atoms with Crippen molar-refractivity contribution < 1.29 is 4.74 Å². The molecule has 0 amide bonds. The molecule has 1 N–H and O–H groups in total. The van der Waals surface area contributed by atoms with Gasteiger partial charge in [-0.15, -0.1) is 0 Å². The lowest BCUT2D eigenvalue weighted by atomic mass is 9.99. The number of hydrogen-bond acceptors (Lipinski definition) is 3. The Morgan fingerprint density at radius 2 is 1.65 bits per heavy atom. The largest absolute Gasteiger partial charge is 0.485 e. The van der Waals surface area contributed by atoms with E-state index >= 15 is 0 Å². The van der Waals surface area contributed by atoms with Gasteiger partial charge in [0.05, 0.1) is 12.2 Å². The fourth-order valence-corrected chi connectivity index (χ4v) is 4.42. The number of hydrogen-bond donors (Lipinski definition) is 1. The molecule has 0 saturated heterocycles. The van der Waals surface area contributed by atoms with Gasteiger partial charge in [-0.05, 0) is 54.4 Å². The van der Waals surface area contributed by atoms with Crippen LogP contribution >= 0.6 is 0 Å². The van der Waals surface area contributed by atoms with Gasteiger partial charge in [-0.2, -0.15) is 0 Å². The minimum atomic E-state index is 0.0635. The van der Waals surface area contributed by atoms with E-state index in [-0.39, 0.29) is 12.1 Å². The predicted octanol–water partition coefficient (Wildman–Crippen LogP) is 6.40.